The lowest BCUT2D eigenvalue weighted by atomic mass is 10.2. The normalized spacial score (nSPS) is 10.3. The SMILES string of the molecule is COc1cccc(NC(=O)COC(=O)c2ccc(SCc3cscn3)cc2)c1. The molecule has 0 aliphatic heterocycles. The fourth-order valence-electron chi connectivity index (χ4n) is 2.27. The third-order valence-electron chi connectivity index (χ3n) is 3.65. The average Bonchev–Trinajstić information content (AvgIpc) is 3.24. The molecule has 0 fully saturated rings. The van der Waals surface area contributed by atoms with E-state index in [4.69, 9.17) is 9.47 Å². The molecule has 0 atom stereocenters. The molecule has 0 bridgehead atoms. The molecular formula is C20H18N2O4S2. The number of hydrogen-bond donors (Lipinski definition) is 1. The van der Waals surface area contributed by atoms with Crippen molar-refractivity contribution in [3.8, 4) is 5.75 Å². The summed E-state index contributed by atoms with van der Waals surface area (Å²) in [5.74, 6) is 0.439. The van der Waals surface area contributed by atoms with E-state index in [0.717, 1.165) is 16.3 Å². The fraction of sp³-hybridized carbons (Fsp3) is 0.150. The molecule has 3 aromatic rings. The van der Waals surface area contributed by atoms with Crippen molar-refractivity contribution in [2.75, 3.05) is 19.0 Å². The van der Waals surface area contributed by atoms with Crippen molar-refractivity contribution in [2.45, 2.75) is 10.6 Å². The Hall–Kier alpha value is -2.84. The van der Waals surface area contributed by atoms with E-state index in [9.17, 15) is 9.59 Å². The lowest BCUT2D eigenvalue weighted by molar-refractivity contribution is -0.119. The van der Waals surface area contributed by atoms with Gasteiger partial charge in [-0.1, -0.05) is 6.07 Å². The first kappa shape index (κ1) is 19.9. The first-order valence-electron chi connectivity index (χ1n) is 8.35. The third kappa shape index (κ3) is 5.83. The van der Waals surface area contributed by atoms with Gasteiger partial charge >= 0.3 is 5.97 Å². The Labute approximate surface area is 170 Å². The van der Waals surface area contributed by atoms with Crippen LogP contribution in [0.15, 0.2) is 64.3 Å². The van der Waals surface area contributed by atoms with Gasteiger partial charge in [-0.15, -0.1) is 23.1 Å². The van der Waals surface area contributed by atoms with Crippen LogP contribution < -0.4 is 10.1 Å². The molecular weight excluding hydrogens is 396 g/mol. The van der Waals surface area contributed by atoms with E-state index in [1.54, 1.807) is 72.1 Å². The third-order valence-corrected chi connectivity index (χ3v) is 5.33. The van der Waals surface area contributed by atoms with Crippen molar-refractivity contribution in [3.63, 3.8) is 0 Å². The van der Waals surface area contributed by atoms with E-state index >= 15 is 0 Å². The summed E-state index contributed by atoms with van der Waals surface area (Å²) < 4.78 is 10.2. The average molecular weight is 415 g/mol. The number of carbonyl (C=O) groups is 2. The van der Waals surface area contributed by atoms with Crippen LogP contribution in [-0.2, 0) is 15.3 Å². The molecule has 28 heavy (non-hydrogen) atoms. The maximum atomic E-state index is 12.1. The molecule has 144 valence electrons. The number of esters is 1. The summed E-state index contributed by atoms with van der Waals surface area (Å²) in [6, 6.07) is 14.0. The minimum absolute atomic E-state index is 0.365. The fourth-order valence-corrected chi connectivity index (χ4v) is 3.73. The molecule has 8 heteroatoms. The first-order chi connectivity index (χ1) is 13.6. The van der Waals surface area contributed by atoms with Gasteiger partial charge in [-0.2, -0.15) is 0 Å². The van der Waals surface area contributed by atoms with Crippen LogP contribution in [0.5, 0.6) is 5.75 Å². The zero-order valence-electron chi connectivity index (χ0n) is 15.1. The van der Waals surface area contributed by atoms with Crippen LogP contribution in [0.2, 0.25) is 0 Å². The number of nitrogens with zero attached hydrogens (tertiary/aromatic N) is 1. The number of aromatic nitrogens is 1. The Kier molecular flexibility index (Phi) is 7.05. The molecule has 6 nitrogen and oxygen atoms in total. The van der Waals surface area contributed by atoms with E-state index in [1.807, 2.05) is 17.5 Å². The van der Waals surface area contributed by atoms with E-state index in [-0.39, 0.29) is 6.61 Å². The Morgan fingerprint density at radius 3 is 2.71 bits per heavy atom. The number of thioether (sulfide) groups is 1. The van der Waals surface area contributed by atoms with Crippen LogP contribution in [0, 0.1) is 0 Å². The summed E-state index contributed by atoms with van der Waals surface area (Å²) in [7, 11) is 1.55. The largest absolute Gasteiger partial charge is 0.497 e. The van der Waals surface area contributed by atoms with Gasteiger partial charge in [0.1, 0.15) is 5.75 Å². The number of nitrogens with one attached hydrogen (secondary N) is 1. The second-order valence-corrected chi connectivity index (χ2v) is 7.42. The van der Waals surface area contributed by atoms with Crippen LogP contribution >= 0.6 is 23.1 Å². The van der Waals surface area contributed by atoms with Gasteiger partial charge in [-0.05, 0) is 36.4 Å². The molecule has 1 heterocycles. The summed E-state index contributed by atoms with van der Waals surface area (Å²) in [5, 5.41) is 4.67. The van der Waals surface area contributed by atoms with Gasteiger partial charge in [0.25, 0.3) is 5.91 Å². The van der Waals surface area contributed by atoms with Crippen LogP contribution in [0.3, 0.4) is 0 Å². The van der Waals surface area contributed by atoms with Gasteiger partial charge in [0.05, 0.1) is 23.9 Å². The second kappa shape index (κ2) is 9.91. The topological polar surface area (TPSA) is 77.5 Å². The quantitative estimate of drug-likeness (QED) is 0.439. The molecule has 0 radical (unpaired) electrons. The summed E-state index contributed by atoms with van der Waals surface area (Å²) in [4.78, 5) is 29.3. The number of rotatable bonds is 8. The number of ether oxygens (including phenoxy) is 2. The molecule has 3 rings (SSSR count). The molecule has 0 saturated carbocycles. The predicted octanol–water partition coefficient (Wildman–Crippen LogP) is 4.24. The monoisotopic (exact) mass is 414 g/mol. The zero-order valence-corrected chi connectivity index (χ0v) is 16.7. The Morgan fingerprint density at radius 1 is 1.18 bits per heavy atom. The number of methoxy groups -OCH3 is 1. The standard InChI is InChI=1S/C20H18N2O4S2/c1-25-17-4-2-3-15(9-17)22-19(23)10-26-20(24)14-5-7-18(8-6-14)28-12-16-11-27-13-21-16/h2-9,11,13H,10,12H2,1H3,(H,22,23). The van der Waals surface area contributed by atoms with Gasteiger partial charge in [-0.25, -0.2) is 9.78 Å². The number of amides is 1. The summed E-state index contributed by atoms with van der Waals surface area (Å²) in [6.07, 6.45) is 0. The summed E-state index contributed by atoms with van der Waals surface area (Å²) >= 11 is 3.21. The maximum Gasteiger partial charge on any atom is 0.338 e. The number of carbonyl (C=O) groups excluding carboxylic acids is 2. The van der Waals surface area contributed by atoms with Crippen molar-refractivity contribution in [2.24, 2.45) is 0 Å². The van der Waals surface area contributed by atoms with E-state index in [2.05, 4.69) is 10.3 Å². The highest BCUT2D eigenvalue weighted by Gasteiger charge is 2.11. The molecule has 0 spiro atoms. The van der Waals surface area contributed by atoms with Gasteiger partial charge in [-0.3, -0.25) is 4.79 Å². The van der Waals surface area contributed by atoms with Crippen molar-refractivity contribution < 1.29 is 19.1 Å². The minimum atomic E-state index is -0.545. The van der Waals surface area contributed by atoms with Gasteiger partial charge in [0.2, 0.25) is 0 Å². The lowest BCUT2D eigenvalue weighted by Gasteiger charge is -2.08. The van der Waals surface area contributed by atoms with Gasteiger partial charge in [0.15, 0.2) is 6.61 Å². The maximum absolute atomic E-state index is 12.1. The van der Waals surface area contributed by atoms with E-state index in [1.165, 1.54) is 0 Å². The molecule has 0 saturated heterocycles. The Bertz CT molecular complexity index is 928. The summed E-state index contributed by atoms with van der Waals surface area (Å²) in [6.45, 7) is -0.365. The first-order valence-corrected chi connectivity index (χ1v) is 10.3. The van der Waals surface area contributed by atoms with Gasteiger partial charge < -0.3 is 14.8 Å². The van der Waals surface area contributed by atoms with Crippen LogP contribution in [0.25, 0.3) is 0 Å². The minimum Gasteiger partial charge on any atom is -0.497 e. The number of benzene rings is 2. The summed E-state index contributed by atoms with van der Waals surface area (Å²) in [5.41, 5.74) is 3.80. The molecule has 1 amide bonds. The van der Waals surface area contributed by atoms with Gasteiger partial charge in [0, 0.05) is 27.8 Å². The lowest BCUT2D eigenvalue weighted by Crippen LogP contribution is -2.20. The van der Waals surface area contributed by atoms with Crippen molar-refractivity contribution >= 4 is 40.7 Å². The highest BCUT2D eigenvalue weighted by Crippen LogP contribution is 2.23. The molecule has 1 N–H and O–H groups in total. The molecule has 0 unspecified atom stereocenters. The number of hydrogen-bond acceptors (Lipinski definition) is 7. The highest BCUT2D eigenvalue weighted by atomic mass is 32.2. The van der Waals surface area contributed by atoms with Crippen LogP contribution in [-0.4, -0.2) is 30.6 Å². The zero-order chi connectivity index (χ0) is 19.8. The molecule has 0 aliphatic rings. The molecule has 0 aliphatic carbocycles. The number of thiazole rings is 1. The van der Waals surface area contributed by atoms with E-state index < -0.39 is 11.9 Å². The number of anilines is 1. The smallest absolute Gasteiger partial charge is 0.338 e. The predicted molar refractivity (Wildman–Crippen MR) is 110 cm³/mol. The van der Waals surface area contributed by atoms with Crippen LogP contribution in [0.1, 0.15) is 16.1 Å². The molecule has 1 aromatic heterocycles. The van der Waals surface area contributed by atoms with E-state index in [0.29, 0.717) is 17.0 Å². The van der Waals surface area contributed by atoms with Crippen molar-refractivity contribution in [3.05, 3.63) is 70.7 Å². The van der Waals surface area contributed by atoms with Crippen molar-refractivity contribution in [1.82, 2.24) is 4.98 Å². The van der Waals surface area contributed by atoms with Crippen molar-refractivity contribution in [1.29, 1.82) is 0 Å². The Balaban J connectivity index is 1.46. The Morgan fingerprint density at radius 2 is 2.00 bits per heavy atom. The molecule has 2 aromatic carbocycles. The van der Waals surface area contributed by atoms with Crippen LogP contribution in [0.4, 0.5) is 5.69 Å². The second-order valence-electron chi connectivity index (χ2n) is 5.65. The highest BCUT2D eigenvalue weighted by molar-refractivity contribution is 7.98.